The molecule has 0 atom stereocenters. The zero-order valence-corrected chi connectivity index (χ0v) is 4.40. The van der Waals surface area contributed by atoms with Crippen molar-refractivity contribution in [2.24, 2.45) is 0 Å². The van der Waals surface area contributed by atoms with Gasteiger partial charge in [0.15, 0.2) is 0 Å². The molecule has 0 aliphatic carbocycles. The molecule has 0 aromatic carbocycles. The van der Waals surface area contributed by atoms with E-state index in [1.54, 1.807) is 11.7 Å². The molecule has 1 N–H and O–H groups in total. The highest BCUT2D eigenvalue weighted by atomic mass is 32.1. The fourth-order valence-corrected chi connectivity index (χ4v) is 0.730. The third kappa shape index (κ3) is 0.838. The number of hydrogen-bond donors (Lipinski definition) is 1. The first kappa shape index (κ1) is 4.46. The Labute approximate surface area is 45.3 Å². The van der Waals surface area contributed by atoms with Crippen LogP contribution < -0.4 is 0 Å². The van der Waals surface area contributed by atoms with E-state index in [0.717, 1.165) is 4.88 Å². The zero-order valence-electron chi connectivity index (χ0n) is 3.59. The number of nitrogens with one attached hydrogen (secondary N) is 1. The lowest BCUT2D eigenvalue weighted by Gasteiger charge is -1.67. The Morgan fingerprint density at radius 1 is 1.86 bits per heavy atom. The molecule has 2 nitrogen and oxygen atoms in total. The second kappa shape index (κ2) is 1.84. The van der Waals surface area contributed by atoms with Gasteiger partial charge in [0.2, 0.25) is 0 Å². The average Bonchev–Trinajstić information content (AvgIpc) is 2.14. The van der Waals surface area contributed by atoms with Gasteiger partial charge in [-0.25, -0.2) is 0 Å². The Kier molecular flexibility index (Phi) is 1.17. The van der Waals surface area contributed by atoms with Crippen molar-refractivity contribution in [3.63, 3.8) is 0 Å². The molecule has 3 heteroatoms. The average molecular weight is 112 g/mol. The van der Waals surface area contributed by atoms with Gasteiger partial charge in [0, 0.05) is 12.4 Å². The van der Waals surface area contributed by atoms with Crippen molar-refractivity contribution in [3.05, 3.63) is 16.6 Å². The quantitative estimate of drug-likeness (QED) is 0.543. The third-order valence-electron chi connectivity index (χ3n) is 0.594. The molecule has 0 saturated heterocycles. The van der Waals surface area contributed by atoms with Crippen molar-refractivity contribution in [1.29, 1.82) is 5.41 Å². The third-order valence-corrected chi connectivity index (χ3v) is 1.32. The van der Waals surface area contributed by atoms with Crippen LogP contribution >= 0.6 is 11.3 Å². The standard InChI is InChI=1S/C4H4N2S/c5-1-4-2-6-3-7-4/h1-3,5H. The lowest BCUT2D eigenvalue weighted by Crippen LogP contribution is -1.63. The van der Waals surface area contributed by atoms with Crippen LogP contribution in [0, 0.1) is 5.41 Å². The number of thiazole rings is 1. The van der Waals surface area contributed by atoms with Crippen molar-refractivity contribution in [2.75, 3.05) is 0 Å². The summed E-state index contributed by atoms with van der Waals surface area (Å²) in [5.41, 5.74) is 1.71. The van der Waals surface area contributed by atoms with E-state index in [1.165, 1.54) is 17.6 Å². The molecule has 36 valence electrons. The summed E-state index contributed by atoms with van der Waals surface area (Å²) in [7, 11) is 0. The molecular weight excluding hydrogens is 108 g/mol. The maximum Gasteiger partial charge on any atom is 0.0798 e. The minimum atomic E-state index is 0.903. The Morgan fingerprint density at radius 2 is 2.71 bits per heavy atom. The van der Waals surface area contributed by atoms with E-state index in [0.29, 0.717) is 0 Å². The van der Waals surface area contributed by atoms with Gasteiger partial charge in [0.25, 0.3) is 0 Å². The van der Waals surface area contributed by atoms with Crippen LogP contribution in [0.2, 0.25) is 0 Å². The maximum atomic E-state index is 6.71. The monoisotopic (exact) mass is 112 g/mol. The summed E-state index contributed by atoms with van der Waals surface area (Å²) in [4.78, 5) is 4.66. The smallest absolute Gasteiger partial charge is 0.0798 e. The summed E-state index contributed by atoms with van der Waals surface area (Å²) >= 11 is 1.47. The molecule has 0 amide bonds. The van der Waals surface area contributed by atoms with Crippen LogP contribution in [0.5, 0.6) is 0 Å². The van der Waals surface area contributed by atoms with Gasteiger partial charge in [0.1, 0.15) is 0 Å². The molecule has 1 aromatic rings. The fraction of sp³-hybridized carbons (Fsp3) is 0. The number of hydrogen-bond acceptors (Lipinski definition) is 3. The van der Waals surface area contributed by atoms with E-state index in [2.05, 4.69) is 4.98 Å². The van der Waals surface area contributed by atoms with Crippen molar-refractivity contribution >= 4 is 17.6 Å². The lowest BCUT2D eigenvalue weighted by molar-refractivity contribution is 1.42. The van der Waals surface area contributed by atoms with E-state index in [1.807, 2.05) is 0 Å². The summed E-state index contributed by atoms with van der Waals surface area (Å²) in [6.45, 7) is 0. The van der Waals surface area contributed by atoms with E-state index in [-0.39, 0.29) is 0 Å². The molecule has 1 aromatic heterocycles. The molecule has 0 spiro atoms. The van der Waals surface area contributed by atoms with E-state index >= 15 is 0 Å². The van der Waals surface area contributed by atoms with Gasteiger partial charge in [-0.2, -0.15) is 0 Å². The maximum absolute atomic E-state index is 6.71. The van der Waals surface area contributed by atoms with Crippen LogP contribution in [-0.2, 0) is 0 Å². The van der Waals surface area contributed by atoms with Gasteiger partial charge in [-0.05, 0) is 0 Å². The summed E-state index contributed by atoms with van der Waals surface area (Å²) in [5, 5.41) is 6.71. The van der Waals surface area contributed by atoms with Crippen LogP contribution in [0.15, 0.2) is 11.7 Å². The first-order valence-corrected chi connectivity index (χ1v) is 2.70. The molecule has 0 aliphatic heterocycles. The molecular formula is C4H4N2S. The highest BCUT2D eigenvalue weighted by molar-refractivity contribution is 7.11. The molecule has 1 rings (SSSR count). The predicted octanol–water partition coefficient (Wildman–Crippen LogP) is 1.14. The van der Waals surface area contributed by atoms with Gasteiger partial charge in [-0.1, -0.05) is 0 Å². The van der Waals surface area contributed by atoms with E-state index in [9.17, 15) is 0 Å². The van der Waals surface area contributed by atoms with Crippen LogP contribution in [0.25, 0.3) is 0 Å². The van der Waals surface area contributed by atoms with Crippen LogP contribution in [0.3, 0.4) is 0 Å². The van der Waals surface area contributed by atoms with Gasteiger partial charge < -0.3 is 5.41 Å². The summed E-state index contributed by atoms with van der Waals surface area (Å²) in [5.74, 6) is 0. The second-order valence-corrected chi connectivity index (χ2v) is 1.97. The number of aromatic nitrogens is 1. The molecule has 0 unspecified atom stereocenters. The van der Waals surface area contributed by atoms with Gasteiger partial charge in [0.05, 0.1) is 10.4 Å². The van der Waals surface area contributed by atoms with Gasteiger partial charge in [-0.15, -0.1) is 11.3 Å². The second-order valence-electron chi connectivity index (χ2n) is 1.05. The number of rotatable bonds is 1. The number of nitrogens with zero attached hydrogens (tertiary/aromatic N) is 1. The van der Waals surface area contributed by atoms with Crippen molar-refractivity contribution in [2.45, 2.75) is 0 Å². The van der Waals surface area contributed by atoms with E-state index < -0.39 is 0 Å². The molecule has 0 aliphatic rings. The molecule has 0 fully saturated rings. The normalized spacial score (nSPS) is 8.57. The molecule has 0 radical (unpaired) electrons. The predicted molar refractivity (Wildman–Crippen MR) is 30.0 cm³/mol. The molecule has 7 heavy (non-hydrogen) atoms. The van der Waals surface area contributed by atoms with Crippen LogP contribution in [-0.4, -0.2) is 11.2 Å². The SMILES string of the molecule is N=Cc1cncs1. The molecule has 0 saturated carbocycles. The van der Waals surface area contributed by atoms with E-state index in [4.69, 9.17) is 5.41 Å². The Balaban J connectivity index is 2.96. The first-order valence-electron chi connectivity index (χ1n) is 1.82. The minimum absolute atomic E-state index is 0.903. The highest BCUT2D eigenvalue weighted by Gasteiger charge is 1.81. The fourth-order valence-electron chi connectivity index (χ4n) is 0.297. The van der Waals surface area contributed by atoms with Crippen LogP contribution in [0.1, 0.15) is 4.88 Å². The van der Waals surface area contributed by atoms with Gasteiger partial charge >= 0.3 is 0 Å². The lowest BCUT2D eigenvalue weighted by atomic mass is 10.6. The topological polar surface area (TPSA) is 36.7 Å². The van der Waals surface area contributed by atoms with Crippen molar-refractivity contribution in [1.82, 2.24) is 4.98 Å². The van der Waals surface area contributed by atoms with Gasteiger partial charge in [-0.3, -0.25) is 4.98 Å². The largest absolute Gasteiger partial charge is 0.307 e. The first-order chi connectivity index (χ1) is 3.43. The van der Waals surface area contributed by atoms with Crippen LogP contribution in [0.4, 0.5) is 0 Å². The zero-order chi connectivity index (χ0) is 5.11. The Bertz CT molecular complexity index is 145. The van der Waals surface area contributed by atoms with Crippen molar-refractivity contribution in [3.8, 4) is 0 Å². The van der Waals surface area contributed by atoms with Crippen molar-refractivity contribution < 1.29 is 0 Å². The minimum Gasteiger partial charge on any atom is -0.307 e. The Morgan fingerprint density at radius 3 is 3.00 bits per heavy atom. The summed E-state index contributed by atoms with van der Waals surface area (Å²) < 4.78 is 0. The summed E-state index contributed by atoms with van der Waals surface area (Å²) in [6.07, 6.45) is 2.95. The highest BCUT2D eigenvalue weighted by Crippen LogP contribution is 1.98. The molecule has 0 bridgehead atoms. The summed E-state index contributed by atoms with van der Waals surface area (Å²) in [6, 6.07) is 0. The Hall–Kier alpha value is -0.700. The molecule has 1 heterocycles.